The highest BCUT2D eigenvalue weighted by Crippen LogP contribution is 2.18. The van der Waals surface area contributed by atoms with Crippen LogP contribution in [0.25, 0.3) is 0 Å². The normalized spacial score (nSPS) is 17.7. The molecule has 1 aromatic rings. The second-order valence-corrected chi connectivity index (χ2v) is 6.27. The molecule has 1 aliphatic rings. The van der Waals surface area contributed by atoms with Crippen LogP contribution in [0.15, 0.2) is 23.2 Å². The number of likely N-dealkylation sites (tertiary alicyclic amines) is 1. The Morgan fingerprint density at radius 3 is 2.72 bits per heavy atom. The lowest BCUT2D eigenvalue weighted by atomic mass is 10.1. The van der Waals surface area contributed by atoms with Crippen LogP contribution in [0.1, 0.15) is 25.8 Å². The quantitative estimate of drug-likeness (QED) is 0.386. The number of benzene rings is 1. The Kier molecular flexibility index (Phi) is 9.48. The number of hydrogen-bond donors (Lipinski definition) is 2. The van der Waals surface area contributed by atoms with E-state index in [1.54, 1.807) is 13.1 Å². The number of phenols is 1. The summed E-state index contributed by atoms with van der Waals surface area (Å²) in [5.41, 5.74) is 0.783. The number of nitrogens with one attached hydrogen (secondary N) is 1. The predicted octanol–water partition coefficient (Wildman–Crippen LogP) is 2.89. The topological polar surface area (TPSA) is 51.1 Å². The van der Waals surface area contributed by atoms with E-state index in [0.29, 0.717) is 12.5 Å². The minimum absolute atomic E-state index is 0. The number of rotatable bonds is 6. The van der Waals surface area contributed by atoms with Crippen molar-refractivity contribution >= 4 is 29.9 Å². The second kappa shape index (κ2) is 10.8. The van der Waals surface area contributed by atoms with Crippen LogP contribution >= 0.6 is 24.0 Å². The molecule has 25 heavy (non-hydrogen) atoms. The molecule has 1 unspecified atom stereocenters. The van der Waals surface area contributed by atoms with Crippen LogP contribution < -0.4 is 5.32 Å². The summed E-state index contributed by atoms with van der Waals surface area (Å²) >= 11 is 0. The summed E-state index contributed by atoms with van der Waals surface area (Å²) in [6, 6.07) is 4.44. The molecule has 2 rings (SSSR count). The predicted molar refractivity (Wildman–Crippen MR) is 111 cm³/mol. The highest BCUT2D eigenvalue weighted by Gasteiger charge is 2.25. The zero-order chi connectivity index (χ0) is 17.5. The second-order valence-electron chi connectivity index (χ2n) is 6.27. The van der Waals surface area contributed by atoms with Gasteiger partial charge in [0.2, 0.25) is 0 Å². The Balaban J connectivity index is 0.00000312. The summed E-state index contributed by atoms with van der Waals surface area (Å²) in [7, 11) is 1.78. The third-order valence-corrected chi connectivity index (χ3v) is 4.67. The van der Waals surface area contributed by atoms with Gasteiger partial charge in [0, 0.05) is 33.2 Å². The Bertz CT molecular complexity index is 566. The van der Waals surface area contributed by atoms with Crippen LogP contribution in [0.2, 0.25) is 0 Å². The summed E-state index contributed by atoms with van der Waals surface area (Å²) in [4.78, 5) is 9.08. The summed E-state index contributed by atoms with van der Waals surface area (Å²) in [6.07, 6.45) is 1.17. The highest BCUT2D eigenvalue weighted by molar-refractivity contribution is 14.0. The molecule has 0 amide bonds. The van der Waals surface area contributed by atoms with Gasteiger partial charge in [0.15, 0.2) is 17.5 Å². The number of nitrogens with zero attached hydrogens (tertiary/aromatic N) is 3. The van der Waals surface area contributed by atoms with E-state index in [2.05, 4.69) is 34.0 Å². The van der Waals surface area contributed by atoms with E-state index in [0.717, 1.165) is 44.2 Å². The number of aromatic hydroxyl groups is 1. The van der Waals surface area contributed by atoms with Crippen molar-refractivity contribution in [3.8, 4) is 5.75 Å². The Morgan fingerprint density at radius 2 is 2.12 bits per heavy atom. The molecule has 142 valence electrons. The number of phenolic OH excluding ortho intramolecular Hbond substituents is 1. The van der Waals surface area contributed by atoms with Gasteiger partial charge in [-0.25, -0.2) is 4.39 Å². The summed E-state index contributed by atoms with van der Waals surface area (Å²) in [5, 5.41) is 12.5. The lowest BCUT2D eigenvalue weighted by molar-refractivity contribution is 0.255. The van der Waals surface area contributed by atoms with Crippen molar-refractivity contribution in [1.82, 2.24) is 15.1 Å². The monoisotopic (exact) mass is 464 g/mol. The van der Waals surface area contributed by atoms with Gasteiger partial charge in [0.05, 0.1) is 0 Å². The number of hydrogen-bond acceptors (Lipinski definition) is 3. The van der Waals surface area contributed by atoms with Crippen molar-refractivity contribution in [2.45, 2.75) is 26.8 Å². The van der Waals surface area contributed by atoms with Crippen LogP contribution in [0.4, 0.5) is 4.39 Å². The van der Waals surface area contributed by atoms with Crippen molar-refractivity contribution in [1.29, 1.82) is 0 Å². The zero-order valence-corrected chi connectivity index (χ0v) is 17.7. The van der Waals surface area contributed by atoms with Crippen LogP contribution in [-0.4, -0.2) is 60.6 Å². The SMILES string of the molecule is CCN(CC)CC1CCN(C(=NC)NCc2ccc(O)c(F)c2)C1.I. The van der Waals surface area contributed by atoms with E-state index in [4.69, 9.17) is 0 Å². The molecule has 1 heterocycles. The van der Waals surface area contributed by atoms with Crippen LogP contribution in [0.3, 0.4) is 0 Å². The molecule has 0 aromatic heterocycles. The van der Waals surface area contributed by atoms with E-state index in [9.17, 15) is 9.50 Å². The summed E-state index contributed by atoms with van der Waals surface area (Å²) < 4.78 is 13.4. The molecule has 5 nitrogen and oxygen atoms in total. The standard InChI is InChI=1S/C18H29FN4O.HI/c1-4-22(5-2)12-15-8-9-23(13-15)18(20-3)21-11-14-6-7-17(24)16(19)10-14;/h6-7,10,15,24H,4-5,8-9,11-13H2,1-3H3,(H,20,21);1H. The van der Waals surface area contributed by atoms with E-state index in [1.807, 2.05) is 0 Å². The van der Waals surface area contributed by atoms with Gasteiger partial charge < -0.3 is 20.2 Å². The average Bonchev–Trinajstić information content (AvgIpc) is 3.04. The van der Waals surface area contributed by atoms with Crippen molar-refractivity contribution in [3.63, 3.8) is 0 Å². The van der Waals surface area contributed by atoms with E-state index in [-0.39, 0.29) is 29.7 Å². The molecule has 7 heteroatoms. The molecule has 1 aromatic carbocycles. The zero-order valence-electron chi connectivity index (χ0n) is 15.3. The largest absolute Gasteiger partial charge is 0.505 e. The number of halogens is 2. The lowest BCUT2D eigenvalue weighted by Crippen LogP contribution is -2.40. The maximum Gasteiger partial charge on any atom is 0.193 e. The van der Waals surface area contributed by atoms with Crippen LogP contribution in [-0.2, 0) is 6.54 Å². The van der Waals surface area contributed by atoms with Gasteiger partial charge in [0.25, 0.3) is 0 Å². The smallest absolute Gasteiger partial charge is 0.193 e. The number of guanidine groups is 1. The molecule has 0 radical (unpaired) electrons. The van der Waals surface area contributed by atoms with Gasteiger partial charge >= 0.3 is 0 Å². The number of aliphatic imine (C=N–C) groups is 1. The van der Waals surface area contributed by atoms with Gasteiger partial charge in [-0.15, -0.1) is 24.0 Å². The minimum atomic E-state index is -0.593. The van der Waals surface area contributed by atoms with E-state index >= 15 is 0 Å². The van der Waals surface area contributed by atoms with Gasteiger partial charge in [0.1, 0.15) is 0 Å². The maximum absolute atomic E-state index is 13.4. The molecule has 1 fully saturated rings. The van der Waals surface area contributed by atoms with Gasteiger partial charge in [-0.1, -0.05) is 19.9 Å². The van der Waals surface area contributed by atoms with Crippen molar-refractivity contribution < 1.29 is 9.50 Å². The Hall–Kier alpha value is -1.09. The molecule has 0 bridgehead atoms. The average molecular weight is 464 g/mol. The highest BCUT2D eigenvalue weighted by atomic mass is 127. The molecule has 0 spiro atoms. The first-order chi connectivity index (χ1) is 11.6. The van der Waals surface area contributed by atoms with Gasteiger partial charge in [-0.3, -0.25) is 4.99 Å². The van der Waals surface area contributed by atoms with E-state index in [1.165, 1.54) is 18.6 Å². The Morgan fingerprint density at radius 1 is 1.40 bits per heavy atom. The first-order valence-electron chi connectivity index (χ1n) is 8.72. The van der Waals surface area contributed by atoms with Gasteiger partial charge in [-0.05, 0) is 43.1 Å². The molecular weight excluding hydrogens is 434 g/mol. The van der Waals surface area contributed by atoms with Gasteiger partial charge in [-0.2, -0.15) is 0 Å². The first kappa shape index (κ1) is 22.0. The fourth-order valence-electron chi connectivity index (χ4n) is 3.19. The molecular formula is C18H30FIN4O. The fourth-order valence-corrected chi connectivity index (χ4v) is 3.19. The molecule has 0 aliphatic carbocycles. The molecule has 1 atom stereocenters. The first-order valence-corrected chi connectivity index (χ1v) is 8.72. The van der Waals surface area contributed by atoms with Crippen LogP contribution in [0, 0.1) is 11.7 Å². The van der Waals surface area contributed by atoms with Crippen molar-refractivity contribution in [2.24, 2.45) is 10.9 Å². The maximum atomic E-state index is 13.4. The summed E-state index contributed by atoms with van der Waals surface area (Å²) in [5.74, 6) is 0.603. The molecule has 1 aliphatic heterocycles. The lowest BCUT2D eigenvalue weighted by Gasteiger charge is -2.24. The van der Waals surface area contributed by atoms with Crippen molar-refractivity contribution in [2.75, 3.05) is 39.8 Å². The van der Waals surface area contributed by atoms with E-state index < -0.39 is 5.82 Å². The van der Waals surface area contributed by atoms with Crippen LogP contribution in [0.5, 0.6) is 5.75 Å². The fraction of sp³-hybridized carbons (Fsp3) is 0.611. The molecule has 2 N–H and O–H groups in total. The van der Waals surface area contributed by atoms with Crippen molar-refractivity contribution in [3.05, 3.63) is 29.6 Å². The molecule has 1 saturated heterocycles. The molecule has 0 saturated carbocycles. The third kappa shape index (κ3) is 6.29. The minimum Gasteiger partial charge on any atom is -0.505 e. The third-order valence-electron chi connectivity index (χ3n) is 4.67. The Labute approximate surface area is 167 Å². The summed E-state index contributed by atoms with van der Waals surface area (Å²) in [6.45, 7) is 10.2.